The van der Waals surface area contributed by atoms with Crippen molar-refractivity contribution in [2.75, 3.05) is 5.73 Å². The number of nitrogens with zero attached hydrogens (tertiary/aromatic N) is 2. The first-order valence-electron chi connectivity index (χ1n) is 2.77. The predicted octanol–water partition coefficient (Wildman–Crippen LogP) is -0.111. The highest BCUT2D eigenvalue weighted by Gasteiger charge is 2.16. The fraction of sp³-hybridized carbons (Fsp3) is 0.200. The number of nitrogen functional groups attached to an aromatic ring is 1. The van der Waals surface area contributed by atoms with E-state index in [2.05, 4.69) is 4.98 Å². The molecule has 0 bridgehead atoms. The Labute approximate surface area is 61.1 Å². The topological polar surface area (TPSA) is 60.9 Å². The molecule has 0 unspecified atom stereocenters. The second-order valence-corrected chi connectivity index (χ2v) is 2.92. The van der Waals surface area contributed by atoms with Crippen LogP contribution < -0.4 is 11.3 Å². The first-order valence-corrected chi connectivity index (χ1v) is 3.76. The molecule has 0 radical (unpaired) electrons. The molecule has 0 aliphatic carbocycles. The van der Waals surface area contributed by atoms with Gasteiger partial charge in [-0.1, -0.05) is 11.8 Å². The summed E-state index contributed by atoms with van der Waals surface area (Å²) in [6.45, 7) is 0. The molecule has 10 heavy (non-hydrogen) atoms. The molecule has 1 aromatic heterocycles. The Morgan fingerprint density at radius 2 is 2.60 bits per heavy atom. The summed E-state index contributed by atoms with van der Waals surface area (Å²) in [6.07, 6.45) is 0. The molecule has 4 nitrogen and oxygen atoms in total. The van der Waals surface area contributed by atoms with Crippen LogP contribution in [0.25, 0.3) is 0 Å². The maximum absolute atomic E-state index is 10.9. The van der Waals surface area contributed by atoms with E-state index in [-0.39, 0.29) is 5.56 Å². The number of hydrogen-bond acceptors (Lipinski definition) is 4. The van der Waals surface area contributed by atoms with Gasteiger partial charge in [0, 0.05) is 6.07 Å². The Hall–Kier alpha value is -0.970. The molecule has 1 aliphatic rings. The van der Waals surface area contributed by atoms with Gasteiger partial charge in [-0.15, -0.1) is 0 Å². The van der Waals surface area contributed by atoms with Gasteiger partial charge in [-0.25, -0.2) is 4.98 Å². The molecule has 0 saturated carbocycles. The van der Waals surface area contributed by atoms with E-state index in [9.17, 15) is 4.79 Å². The van der Waals surface area contributed by atoms with E-state index >= 15 is 0 Å². The number of aromatic nitrogens is 2. The molecule has 0 spiro atoms. The third-order valence-corrected chi connectivity index (χ3v) is 2.27. The van der Waals surface area contributed by atoms with Crippen molar-refractivity contribution in [3.05, 3.63) is 16.4 Å². The van der Waals surface area contributed by atoms with E-state index in [0.717, 1.165) is 5.16 Å². The Bertz CT molecular complexity index is 332. The molecule has 52 valence electrons. The summed E-state index contributed by atoms with van der Waals surface area (Å²) in [4.78, 5) is 14.9. The van der Waals surface area contributed by atoms with Gasteiger partial charge in [0.05, 0.1) is 5.88 Å². The van der Waals surface area contributed by atoms with Gasteiger partial charge in [-0.2, -0.15) is 0 Å². The van der Waals surface area contributed by atoms with Gasteiger partial charge in [0.1, 0.15) is 5.82 Å². The van der Waals surface area contributed by atoms with E-state index in [1.54, 1.807) is 4.57 Å². The van der Waals surface area contributed by atoms with Crippen molar-refractivity contribution in [2.24, 2.45) is 0 Å². The molecule has 5 heteroatoms. The van der Waals surface area contributed by atoms with Crippen molar-refractivity contribution in [3.8, 4) is 0 Å². The molecular formula is C5H5N3OS. The van der Waals surface area contributed by atoms with Crippen LogP contribution in [0, 0.1) is 0 Å². The zero-order valence-corrected chi connectivity index (χ0v) is 5.89. The van der Waals surface area contributed by atoms with Crippen LogP contribution in [0.3, 0.4) is 0 Å². The van der Waals surface area contributed by atoms with Crippen LogP contribution in [0.5, 0.6) is 0 Å². The molecule has 0 saturated heterocycles. The van der Waals surface area contributed by atoms with Crippen LogP contribution in [-0.2, 0) is 5.88 Å². The van der Waals surface area contributed by atoms with E-state index in [1.165, 1.54) is 17.8 Å². The minimum absolute atomic E-state index is 0.0544. The summed E-state index contributed by atoms with van der Waals surface area (Å²) in [5.41, 5.74) is 5.27. The minimum atomic E-state index is -0.0544. The zero-order chi connectivity index (χ0) is 7.14. The Kier molecular flexibility index (Phi) is 1.02. The van der Waals surface area contributed by atoms with E-state index in [1.807, 2.05) is 0 Å². The Morgan fingerprint density at radius 3 is 3.10 bits per heavy atom. The molecule has 0 fully saturated rings. The second kappa shape index (κ2) is 1.76. The molecule has 2 rings (SSSR count). The largest absolute Gasteiger partial charge is 0.383 e. The van der Waals surface area contributed by atoms with Gasteiger partial charge in [0.15, 0.2) is 5.16 Å². The molecule has 2 N–H and O–H groups in total. The van der Waals surface area contributed by atoms with Gasteiger partial charge in [0.2, 0.25) is 0 Å². The molecule has 1 aromatic rings. The summed E-state index contributed by atoms with van der Waals surface area (Å²) in [7, 11) is 0. The van der Waals surface area contributed by atoms with Gasteiger partial charge >= 0.3 is 0 Å². The maximum atomic E-state index is 10.9. The average Bonchev–Trinajstić information content (AvgIpc) is 1.77. The maximum Gasteiger partial charge on any atom is 0.257 e. The van der Waals surface area contributed by atoms with Crippen LogP contribution in [-0.4, -0.2) is 9.55 Å². The number of hydrogen-bond donors (Lipinski definition) is 1. The SMILES string of the molecule is Nc1cc(=O)n2c(n1)SC2. The third kappa shape index (κ3) is 0.637. The highest BCUT2D eigenvalue weighted by Crippen LogP contribution is 2.26. The quantitative estimate of drug-likeness (QED) is 0.531. The molecular weight excluding hydrogens is 150 g/mol. The van der Waals surface area contributed by atoms with Crippen molar-refractivity contribution in [1.82, 2.24) is 9.55 Å². The monoisotopic (exact) mass is 155 g/mol. The smallest absolute Gasteiger partial charge is 0.257 e. The number of nitrogens with two attached hydrogens (primary N) is 1. The van der Waals surface area contributed by atoms with Crippen molar-refractivity contribution in [2.45, 2.75) is 11.0 Å². The van der Waals surface area contributed by atoms with Crippen molar-refractivity contribution < 1.29 is 0 Å². The van der Waals surface area contributed by atoms with Crippen molar-refractivity contribution >= 4 is 17.6 Å². The number of rotatable bonds is 0. The van der Waals surface area contributed by atoms with Gasteiger partial charge < -0.3 is 5.73 Å². The molecule has 0 atom stereocenters. The van der Waals surface area contributed by atoms with Crippen LogP contribution in [0.4, 0.5) is 5.82 Å². The predicted molar refractivity (Wildman–Crippen MR) is 38.8 cm³/mol. The minimum Gasteiger partial charge on any atom is -0.383 e. The lowest BCUT2D eigenvalue weighted by Crippen LogP contribution is -2.27. The molecule has 1 aliphatic heterocycles. The molecule has 2 heterocycles. The summed E-state index contributed by atoms with van der Waals surface area (Å²) < 4.78 is 1.58. The van der Waals surface area contributed by atoms with Crippen LogP contribution in [0.2, 0.25) is 0 Å². The van der Waals surface area contributed by atoms with E-state index in [0.29, 0.717) is 11.7 Å². The fourth-order valence-electron chi connectivity index (χ4n) is 0.784. The van der Waals surface area contributed by atoms with Gasteiger partial charge in [-0.05, 0) is 0 Å². The number of anilines is 1. The van der Waals surface area contributed by atoms with Crippen LogP contribution >= 0.6 is 11.8 Å². The highest BCUT2D eigenvalue weighted by molar-refractivity contribution is 7.99. The van der Waals surface area contributed by atoms with E-state index in [4.69, 9.17) is 5.73 Å². The molecule has 0 amide bonds. The van der Waals surface area contributed by atoms with Crippen molar-refractivity contribution in [1.29, 1.82) is 0 Å². The molecule has 0 aromatic carbocycles. The Balaban J connectivity index is 2.75. The summed E-state index contributed by atoms with van der Waals surface area (Å²) in [5.74, 6) is 1.02. The lowest BCUT2D eigenvalue weighted by molar-refractivity contribution is 0.653. The standard InChI is InChI=1S/C5H5N3OS/c6-3-1-4(9)8-2-10-5(8)7-3/h1H,2,6H2. The van der Waals surface area contributed by atoms with Crippen LogP contribution in [0.1, 0.15) is 0 Å². The lowest BCUT2D eigenvalue weighted by Gasteiger charge is -2.18. The normalized spacial score (nSPS) is 14.0. The van der Waals surface area contributed by atoms with E-state index < -0.39 is 0 Å². The number of fused-ring (bicyclic) bond motifs is 1. The summed E-state index contributed by atoms with van der Waals surface area (Å²) in [5, 5.41) is 0.727. The Morgan fingerprint density at radius 1 is 1.80 bits per heavy atom. The highest BCUT2D eigenvalue weighted by atomic mass is 32.2. The van der Waals surface area contributed by atoms with Crippen LogP contribution in [0.15, 0.2) is 16.0 Å². The third-order valence-electron chi connectivity index (χ3n) is 1.32. The zero-order valence-electron chi connectivity index (χ0n) is 5.07. The number of thioether (sulfide) groups is 1. The van der Waals surface area contributed by atoms with Gasteiger partial charge in [-0.3, -0.25) is 9.36 Å². The fourth-order valence-corrected chi connectivity index (χ4v) is 1.55. The summed E-state index contributed by atoms with van der Waals surface area (Å²) >= 11 is 1.53. The summed E-state index contributed by atoms with van der Waals surface area (Å²) in [6, 6.07) is 1.34. The average molecular weight is 155 g/mol. The first-order chi connectivity index (χ1) is 4.77. The van der Waals surface area contributed by atoms with Gasteiger partial charge in [0.25, 0.3) is 5.56 Å². The lowest BCUT2D eigenvalue weighted by atomic mass is 10.6. The first kappa shape index (κ1) is 5.79. The second-order valence-electron chi connectivity index (χ2n) is 2.00. The van der Waals surface area contributed by atoms with Crippen molar-refractivity contribution in [3.63, 3.8) is 0 Å².